The Kier molecular flexibility index (Phi) is 1.89. The summed E-state index contributed by atoms with van der Waals surface area (Å²) in [5, 5.41) is 0. The molecule has 0 saturated carbocycles. The van der Waals surface area contributed by atoms with Crippen LogP contribution in [0, 0.1) is 0 Å². The molecule has 0 saturated heterocycles. The summed E-state index contributed by atoms with van der Waals surface area (Å²) in [6.45, 7) is 3.16. The van der Waals surface area contributed by atoms with Gasteiger partial charge < -0.3 is 10.0 Å². The second kappa shape index (κ2) is 2.57. The summed E-state index contributed by atoms with van der Waals surface area (Å²) in [6, 6.07) is 6.97. The summed E-state index contributed by atoms with van der Waals surface area (Å²) in [5.41, 5.74) is 6.80. The molecule has 1 aromatic rings. The van der Waals surface area contributed by atoms with Crippen LogP contribution in [0.25, 0.3) is 0 Å². The molecule has 0 aliphatic rings. The second-order valence-corrected chi connectivity index (χ2v) is 3.37. The minimum Gasteiger partial charge on any atom is -0.512 e. The maximum atomic E-state index is 13.3. The Bertz CT molecular complexity index is 255. The molecule has 2 N–H and O–H groups in total. The van der Waals surface area contributed by atoms with Gasteiger partial charge in [-0.3, -0.25) is 0 Å². The molecule has 0 aliphatic carbocycles. The fourth-order valence-corrected chi connectivity index (χ4v) is 0.986. The summed E-state index contributed by atoms with van der Waals surface area (Å²) in [7, 11) is 0. The molecule has 3 heteroatoms. The Balaban J connectivity index is 3.06. The minimum atomic E-state index is -1.90. The number of anilines is 1. The molecule has 0 radical (unpaired) electrons. The van der Waals surface area contributed by atoms with Gasteiger partial charge in [-0.15, -0.1) is 0 Å². The van der Waals surface area contributed by atoms with Crippen LogP contribution in [-0.2, 0) is 0 Å². The largest absolute Gasteiger partial charge is 0.512 e. The van der Waals surface area contributed by atoms with Crippen LogP contribution in [0.1, 0.15) is 0 Å². The van der Waals surface area contributed by atoms with Crippen molar-refractivity contribution in [1.82, 2.24) is 0 Å². The molecule has 0 fully saturated rings. The van der Waals surface area contributed by atoms with Gasteiger partial charge in [-0.05, 0) is 6.07 Å². The Morgan fingerprint density at radius 3 is 2.36 bits per heavy atom. The zero-order valence-corrected chi connectivity index (χ0v) is 6.84. The van der Waals surface area contributed by atoms with E-state index in [1.807, 2.05) is 0 Å². The molecule has 11 heavy (non-hydrogen) atoms. The van der Waals surface area contributed by atoms with Gasteiger partial charge >= 0.3 is 0 Å². The van der Waals surface area contributed by atoms with E-state index in [0.29, 0.717) is 11.2 Å². The van der Waals surface area contributed by atoms with Crippen molar-refractivity contribution < 1.29 is 4.32 Å². The predicted octanol–water partition coefficient (Wildman–Crippen LogP) is 1.65. The average molecular weight is 152 g/mol. The summed E-state index contributed by atoms with van der Waals surface area (Å²) in [5.74, 6) is 0. The molecule has 0 unspecified atom stereocenters. The minimum absolute atomic E-state index is 0.620. The molecule has 0 aromatic heterocycles. The van der Waals surface area contributed by atoms with Crippen LogP contribution >= 0.6 is 0 Å². The zero-order chi connectivity index (χ0) is 8.48. The monoisotopic (exact) mass is 152 g/mol. The number of nitrogens with two attached hydrogens (primary N) is 1. The maximum absolute atomic E-state index is 13.3. The predicted molar refractivity (Wildman–Crippen MR) is 49.1 cm³/mol. The molecule has 0 atom stereocenters. The smallest absolute Gasteiger partial charge is 0.177 e. The first-order valence-electron chi connectivity index (χ1n) is 3.77. The van der Waals surface area contributed by atoms with E-state index in [9.17, 15) is 4.32 Å². The summed E-state index contributed by atoms with van der Waals surface area (Å²) >= 11 is 0. The van der Waals surface area contributed by atoms with Gasteiger partial charge in [0.2, 0.25) is 0 Å². The number of rotatable bonds is 1. The maximum Gasteiger partial charge on any atom is 0.177 e. The van der Waals surface area contributed by atoms with Gasteiger partial charge in [0.1, 0.15) is 0 Å². The first kappa shape index (κ1) is 8.11. The van der Waals surface area contributed by atoms with Crippen molar-refractivity contribution in [3.63, 3.8) is 0 Å². The van der Waals surface area contributed by atoms with Crippen molar-refractivity contribution in [3.05, 3.63) is 24.3 Å². The Morgan fingerprint density at radius 1 is 1.36 bits per heavy atom. The number of benzene rings is 1. The van der Waals surface area contributed by atoms with E-state index in [1.165, 1.54) is 0 Å². The molecular weight excluding hydrogens is 140 g/mol. The normalized spacial score (nSPS) is 11.5. The lowest BCUT2D eigenvalue weighted by molar-refractivity contribution is 0.822. The van der Waals surface area contributed by atoms with Crippen molar-refractivity contribution in [2.24, 2.45) is 0 Å². The topological polar surface area (TPSA) is 26.0 Å². The fourth-order valence-electron chi connectivity index (χ4n) is 0.986. The lowest BCUT2D eigenvalue weighted by atomic mass is 9.43. The SMILES string of the molecule is C[B-](C)(F)c1cccc(N)c1. The van der Waals surface area contributed by atoms with Gasteiger partial charge in [-0.25, -0.2) is 0 Å². The lowest BCUT2D eigenvalue weighted by Crippen LogP contribution is -2.36. The van der Waals surface area contributed by atoms with E-state index in [-0.39, 0.29) is 0 Å². The quantitative estimate of drug-likeness (QED) is 0.480. The lowest BCUT2D eigenvalue weighted by Gasteiger charge is -2.21. The average Bonchev–Trinajstić information content (AvgIpc) is 1.86. The van der Waals surface area contributed by atoms with Gasteiger partial charge in [0.05, 0.1) is 0 Å². The Morgan fingerprint density at radius 2 is 2.00 bits per heavy atom. The molecule has 1 rings (SSSR count). The van der Waals surface area contributed by atoms with Crippen LogP contribution in [0.3, 0.4) is 0 Å². The van der Waals surface area contributed by atoms with Gasteiger partial charge in [0.15, 0.2) is 6.42 Å². The number of hydrogen-bond donors (Lipinski definition) is 1. The fraction of sp³-hybridized carbons (Fsp3) is 0.250. The van der Waals surface area contributed by atoms with Gasteiger partial charge in [-0.2, -0.15) is 19.1 Å². The van der Waals surface area contributed by atoms with Crippen molar-refractivity contribution >= 4 is 17.6 Å². The van der Waals surface area contributed by atoms with Crippen molar-refractivity contribution in [1.29, 1.82) is 0 Å². The third-order valence-electron chi connectivity index (χ3n) is 1.70. The summed E-state index contributed by atoms with van der Waals surface area (Å²) in [6.07, 6.45) is -1.90. The van der Waals surface area contributed by atoms with Crippen LogP contribution in [0.5, 0.6) is 0 Å². The first-order chi connectivity index (χ1) is 5.00. The van der Waals surface area contributed by atoms with E-state index in [4.69, 9.17) is 5.73 Å². The third-order valence-corrected chi connectivity index (χ3v) is 1.70. The number of halogens is 1. The summed E-state index contributed by atoms with van der Waals surface area (Å²) in [4.78, 5) is 0. The number of nitrogen functional groups attached to an aromatic ring is 1. The molecule has 0 spiro atoms. The molecule has 0 bridgehead atoms. The highest BCUT2D eigenvalue weighted by atomic mass is 19.1. The van der Waals surface area contributed by atoms with E-state index in [2.05, 4.69) is 0 Å². The highest BCUT2D eigenvalue weighted by molar-refractivity contribution is 6.83. The van der Waals surface area contributed by atoms with E-state index < -0.39 is 6.42 Å². The van der Waals surface area contributed by atoms with Crippen LogP contribution in [0.2, 0.25) is 13.6 Å². The van der Waals surface area contributed by atoms with Gasteiger partial charge in [0, 0.05) is 5.69 Å². The standard InChI is InChI=1S/C8H12BFN/c1-9(2,10)7-4-3-5-8(11)6-7/h3-6H,11H2,1-2H3/q-1. The molecule has 0 aliphatic heterocycles. The Labute approximate surface area is 66.4 Å². The summed E-state index contributed by atoms with van der Waals surface area (Å²) < 4.78 is 13.3. The van der Waals surface area contributed by atoms with Gasteiger partial charge in [0.25, 0.3) is 0 Å². The van der Waals surface area contributed by atoms with Crippen molar-refractivity contribution in [3.8, 4) is 0 Å². The van der Waals surface area contributed by atoms with Crippen LogP contribution in [0.15, 0.2) is 24.3 Å². The van der Waals surface area contributed by atoms with Crippen molar-refractivity contribution in [2.45, 2.75) is 13.6 Å². The van der Waals surface area contributed by atoms with E-state index in [1.54, 1.807) is 37.9 Å². The highest BCUT2D eigenvalue weighted by Gasteiger charge is 2.12. The third kappa shape index (κ3) is 1.97. The van der Waals surface area contributed by atoms with Crippen molar-refractivity contribution in [2.75, 3.05) is 5.73 Å². The van der Waals surface area contributed by atoms with Crippen LogP contribution in [0.4, 0.5) is 10.0 Å². The van der Waals surface area contributed by atoms with E-state index >= 15 is 0 Å². The first-order valence-corrected chi connectivity index (χ1v) is 3.77. The molecular formula is C8H12BFN-. The Hall–Kier alpha value is -0.985. The highest BCUT2D eigenvalue weighted by Crippen LogP contribution is 2.06. The molecule has 1 nitrogen and oxygen atoms in total. The van der Waals surface area contributed by atoms with Crippen LogP contribution in [-0.4, -0.2) is 6.42 Å². The molecule has 0 amide bonds. The number of hydrogen-bond acceptors (Lipinski definition) is 1. The molecule has 1 aromatic carbocycles. The van der Waals surface area contributed by atoms with E-state index in [0.717, 1.165) is 0 Å². The second-order valence-electron chi connectivity index (χ2n) is 3.37. The molecule has 0 heterocycles. The molecule has 60 valence electrons. The van der Waals surface area contributed by atoms with Gasteiger partial charge in [-0.1, -0.05) is 18.2 Å². The zero-order valence-electron chi connectivity index (χ0n) is 6.84. The van der Waals surface area contributed by atoms with Crippen LogP contribution < -0.4 is 11.2 Å².